The average molecular weight is 279 g/mol. The topological polar surface area (TPSA) is 63.8 Å². The maximum Gasteiger partial charge on any atom is 0.277 e. The van der Waals surface area contributed by atoms with Crippen LogP contribution in [0.15, 0.2) is 52.2 Å². The molecule has 0 aliphatic rings. The van der Waals surface area contributed by atoms with E-state index in [4.69, 9.17) is 20.8 Å². The lowest BCUT2D eigenvalue weighted by Crippen LogP contribution is -2.24. The third-order valence-corrected chi connectivity index (χ3v) is 2.36. The van der Waals surface area contributed by atoms with Crippen LogP contribution in [0, 0.1) is 0 Å². The van der Waals surface area contributed by atoms with Gasteiger partial charge < -0.3 is 9.15 Å². The Balaban J connectivity index is 1.74. The highest BCUT2D eigenvalue weighted by Gasteiger charge is 2.01. The average Bonchev–Trinajstić information content (AvgIpc) is 2.91. The first-order chi connectivity index (χ1) is 9.24. The van der Waals surface area contributed by atoms with Gasteiger partial charge in [0.05, 0.1) is 12.5 Å². The molecular formula is C13H11ClN2O3. The predicted octanol–water partition coefficient (Wildman–Crippen LogP) is 2.46. The lowest BCUT2D eigenvalue weighted by molar-refractivity contribution is -0.123. The number of rotatable bonds is 5. The van der Waals surface area contributed by atoms with Gasteiger partial charge in [0, 0.05) is 5.02 Å². The molecule has 0 bridgehead atoms. The van der Waals surface area contributed by atoms with Gasteiger partial charge >= 0.3 is 0 Å². The number of amides is 1. The maximum absolute atomic E-state index is 11.4. The molecule has 1 aromatic carbocycles. The van der Waals surface area contributed by atoms with Crippen LogP contribution in [0.25, 0.3) is 0 Å². The monoisotopic (exact) mass is 278 g/mol. The molecule has 0 unspecified atom stereocenters. The summed E-state index contributed by atoms with van der Waals surface area (Å²) in [5, 5.41) is 4.33. The zero-order chi connectivity index (χ0) is 13.5. The second kappa shape index (κ2) is 6.61. The first kappa shape index (κ1) is 13.2. The zero-order valence-electron chi connectivity index (χ0n) is 9.88. The Morgan fingerprint density at radius 3 is 2.84 bits per heavy atom. The molecule has 0 saturated heterocycles. The number of hydrazone groups is 1. The number of halogens is 1. The van der Waals surface area contributed by atoms with Crippen molar-refractivity contribution < 1.29 is 13.9 Å². The third-order valence-electron chi connectivity index (χ3n) is 2.11. The van der Waals surface area contributed by atoms with Crippen LogP contribution in [0.5, 0.6) is 5.75 Å². The predicted molar refractivity (Wildman–Crippen MR) is 71.4 cm³/mol. The lowest BCUT2D eigenvalue weighted by atomic mass is 10.3. The van der Waals surface area contributed by atoms with Gasteiger partial charge in [0.15, 0.2) is 6.61 Å². The van der Waals surface area contributed by atoms with Crippen LogP contribution in [0.3, 0.4) is 0 Å². The molecule has 1 amide bonds. The van der Waals surface area contributed by atoms with Crippen molar-refractivity contribution in [3.05, 3.63) is 53.4 Å². The Bertz CT molecular complexity index is 550. The Labute approximate surface area is 114 Å². The summed E-state index contributed by atoms with van der Waals surface area (Å²) in [6, 6.07) is 10.2. The van der Waals surface area contributed by atoms with Crippen molar-refractivity contribution in [3.8, 4) is 5.75 Å². The maximum atomic E-state index is 11.4. The summed E-state index contributed by atoms with van der Waals surface area (Å²) in [6.07, 6.45) is 2.92. The minimum atomic E-state index is -0.363. The van der Waals surface area contributed by atoms with Gasteiger partial charge in [-0.2, -0.15) is 5.10 Å². The van der Waals surface area contributed by atoms with Crippen molar-refractivity contribution in [3.63, 3.8) is 0 Å². The minimum absolute atomic E-state index is 0.128. The highest BCUT2D eigenvalue weighted by atomic mass is 35.5. The van der Waals surface area contributed by atoms with Gasteiger partial charge in [-0.1, -0.05) is 11.6 Å². The molecule has 0 aliphatic heterocycles. The minimum Gasteiger partial charge on any atom is -0.484 e. The van der Waals surface area contributed by atoms with Crippen molar-refractivity contribution in [1.82, 2.24) is 5.43 Å². The molecule has 0 saturated carbocycles. The van der Waals surface area contributed by atoms with E-state index in [1.807, 2.05) is 0 Å². The number of benzene rings is 1. The van der Waals surface area contributed by atoms with Crippen LogP contribution in [0.2, 0.25) is 5.02 Å². The van der Waals surface area contributed by atoms with Gasteiger partial charge in [0.2, 0.25) is 0 Å². The van der Waals surface area contributed by atoms with Crippen molar-refractivity contribution >= 4 is 23.7 Å². The summed E-state index contributed by atoms with van der Waals surface area (Å²) in [7, 11) is 0. The number of nitrogens with zero attached hydrogens (tertiary/aromatic N) is 1. The van der Waals surface area contributed by atoms with Gasteiger partial charge in [-0.3, -0.25) is 4.79 Å². The number of carbonyl (C=O) groups is 1. The molecule has 0 fully saturated rings. The van der Waals surface area contributed by atoms with E-state index in [9.17, 15) is 4.79 Å². The fraction of sp³-hybridized carbons (Fsp3) is 0.0769. The number of ether oxygens (including phenoxy) is 1. The van der Waals surface area contributed by atoms with Gasteiger partial charge in [0.25, 0.3) is 5.91 Å². The van der Waals surface area contributed by atoms with Gasteiger partial charge in [0.1, 0.15) is 11.5 Å². The highest BCUT2D eigenvalue weighted by molar-refractivity contribution is 6.30. The number of hydrogen-bond acceptors (Lipinski definition) is 4. The van der Waals surface area contributed by atoms with E-state index in [0.29, 0.717) is 16.5 Å². The molecule has 0 atom stereocenters. The summed E-state index contributed by atoms with van der Waals surface area (Å²) in [6.45, 7) is -0.128. The van der Waals surface area contributed by atoms with E-state index in [2.05, 4.69) is 10.5 Å². The van der Waals surface area contributed by atoms with Crippen LogP contribution >= 0.6 is 11.6 Å². The first-order valence-electron chi connectivity index (χ1n) is 5.48. The Morgan fingerprint density at radius 1 is 1.37 bits per heavy atom. The largest absolute Gasteiger partial charge is 0.484 e. The van der Waals surface area contributed by atoms with E-state index >= 15 is 0 Å². The van der Waals surface area contributed by atoms with Crippen LogP contribution in [-0.2, 0) is 4.79 Å². The molecular weight excluding hydrogens is 268 g/mol. The summed E-state index contributed by atoms with van der Waals surface area (Å²) >= 11 is 5.73. The summed E-state index contributed by atoms with van der Waals surface area (Å²) in [5.74, 6) is 0.756. The quantitative estimate of drug-likeness (QED) is 0.675. The summed E-state index contributed by atoms with van der Waals surface area (Å²) in [4.78, 5) is 11.4. The molecule has 0 aliphatic carbocycles. The van der Waals surface area contributed by atoms with E-state index in [-0.39, 0.29) is 12.5 Å². The fourth-order valence-electron chi connectivity index (χ4n) is 1.24. The second-order valence-electron chi connectivity index (χ2n) is 3.55. The molecule has 1 aromatic heterocycles. The molecule has 19 heavy (non-hydrogen) atoms. The normalized spacial score (nSPS) is 10.6. The molecule has 6 heteroatoms. The number of nitrogens with one attached hydrogen (secondary N) is 1. The van der Waals surface area contributed by atoms with E-state index in [1.165, 1.54) is 12.5 Å². The van der Waals surface area contributed by atoms with Crippen LogP contribution in [-0.4, -0.2) is 18.7 Å². The Kier molecular flexibility index (Phi) is 4.58. The van der Waals surface area contributed by atoms with E-state index < -0.39 is 0 Å². The van der Waals surface area contributed by atoms with Crippen LogP contribution < -0.4 is 10.2 Å². The van der Waals surface area contributed by atoms with Crippen molar-refractivity contribution in [2.24, 2.45) is 5.10 Å². The van der Waals surface area contributed by atoms with Crippen molar-refractivity contribution in [2.45, 2.75) is 0 Å². The number of furan rings is 1. The third kappa shape index (κ3) is 4.48. The Hall–Kier alpha value is -2.27. The van der Waals surface area contributed by atoms with Crippen LogP contribution in [0.4, 0.5) is 0 Å². The molecule has 0 radical (unpaired) electrons. The molecule has 1 heterocycles. The first-order valence-corrected chi connectivity index (χ1v) is 5.85. The van der Waals surface area contributed by atoms with E-state index in [1.54, 1.807) is 36.4 Å². The molecule has 2 rings (SSSR count). The summed E-state index contributed by atoms with van der Waals surface area (Å²) < 4.78 is 10.3. The number of hydrogen-bond donors (Lipinski definition) is 1. The van der Waals surface area contributed by atoms with Gasteiger partial charge in [-0.25, -0.2) is 5.43 Å². The van der Waals surface area contributed by atoms with Crippen molar-refractivity contribution in [2.75, 3.05) is 6.61 Å². The second-order valence-corrected chi connectivity index (χ2v) is 3.99. The molecule has 2 aromatic rings. The number of carbonyl (C=O) groups excluding carboxylic acids is 1. The van der Waals surface area contributed by atoms with Gasteiger partial charge in [-0.05, 0) is 36.4 Å². The van der Waals surface area contributed by atoms with Gasteiger partial charge in [-0.15, -0.1) is 0 Å². The smallest absolute Gasteiger partial charge is 0.277 e. The molecule has 98 valence electrons. The lowest BCUT2D eigenvalue weighted by Gasteiger charge is -2.04. The molecule has 0 spiro atoms. The highest BCUT2D eigenvalue weighted by Crippen LogP contribution is 2.15. The molecule has 5 nitrogen and oxygen atoms in total. The van der Waals surface area contributed by atoms with E-state index in [0.717, 1.165) is 0 Å². The standard InChI is InChI=1S/C13H11ClN2O3/c14-10-3-5-11(6-4-10)19-9-13(17)16-15-8-12-2-1-7-18-12/h1-8H,9H2,(H,16,17)/b15-8+. The molecule has 1 N–H and O–H groups in total. The fourth-order valence-corrected chi connectivity index (χ4v) is 1.37. The zero-order valence-corrected chi connectivity index (χ0v) is 10.6. The Morgan fingerprint density at radius 2 is 2.16 bits per heavy atom. The summed E-state index contributed by atoms with van der Waals surface area (Å²) in [5.41, 5.74) is 2.32. The van der Waals surface area contributed by atoms with Crippen molar-refractivity contribution in [1.29, 1.82) is 0 Å². The SMILES string of the molecule is O=C(COc1ccc(Cl)cc1)N/N=C/c1ccco1. The van der Waals surface area contributed by atoms with Crippen LogP contribution in [0.1, 0.15) is 5.76 Å².